The molecule has 0 aromatic heterocycles. The highest BCUT2D eigenvalue weighted by Gasteiger charge is 2.18. The molecular weight excluding hydrogens is 220 g/mol. The molecule has 0 atom stereocenters. The Kier molecular flexibility index (Phi) is 5.67. The van der Waals surface area contributed by atoms with Crippen molar-refractivity contribution in [3.8, 4) is 0 Å². The van der Waals surface area contributed by atoms with E-state index >= 15 is 0 Å². The van der Waals surface area contributed by atoms with Gasteiger partial charge in [0.25, 0.3) is 0 Å². The molecule has 0 aliphatic carbocycles. The average molecular weight is 248 g/mol. The summed E-state index contributed by atoms with van der Waals surface area (Å²) in [6.45, 7) is 11.3. The summed E-state index contributed by atoms with van der Waals surface area (Å²) in [5.74, 6) is 0.761. The normalized spacial score (nSPS) is 11.9. The molecule has 102 valence electrons. The zero-order valence-electron chi connectivity index (χ0n) is 12.5. The van der Waals surface area contributed by atoms with E-state index in [0.717, 1.165) is 19.0 Å². The van der Waals surface area contributed by atoms with Crippen LogP contribution < -0.4 is 10.6 Å². The van der Waals surface area contributed by atoms with Gasteiger partial charge in [-0.3, -0.25) is 0 Å². The van der Waals surface area contributed by atoms with Gasteiger partial charge in [-0.2, -0.15) is 0 Å². The van der Waals surface area contributed by atoms with Crippen molar-refractivity contribution in [1.82, 2.24) is 5.32 Å². The predicted octanol–water partition coefficient (Wildman–Crippen LogP) is 3.89. The summed E-state index contributed by atoms with van der Waals surface area (Å²) in [6, 6.07) is 8.59. The van der Waals surface area contributed by atoms with Crippen molar-refractivity contribution in [2.75, 3.05) is 18.9 Å². The predicted molar refractivity (Wildman–Crippen MR) is 80.9 cm³/mol. The van der Waals surface area contributed by atoms with Gasteiger partial charge in [-0.05, 0) is 35.4 Å². The van der Waals surface area contributed by atoms with Crippen LogP contribution in [0.25, 0.3) is 0 Å². The first kappa shape index (κ1) is 15.0. The van der Waals surface area contributed by atoms with Gasteiger partial charge in [0.2, 0.25) is 0 Å². The van der Waals surface area contributed by atoms with E-state index in [0.29, 0.717) is 5.41 Å². The molecule has 1 aromatic carbocycles. The lowest BCUT2D eigenvalue weighted by atomic mass is 9.84. The average Bonchev–Trinajstić information content (AvgIpc) is 2.28. The third-order valence-corrected chi connectivity index (χ3v) is 3.14. The lowest BCUT2D eigenvalue weighted by Gasteiger charge is -2.27. The summed E-state index contributed by atoms with van der Waals surface area (Å²) >= 11 is 0. The molecule has 0 aliphatic rings. The zero-order valence-corrected chi connectivity index (χ0v) is 12.5. The quantitative estimate of drug-likeness (QED) is 0.765. The fraction of sp³-hybridized carbons (Fsp3) is 0.625. The minimum Gasteiger partial charge on any atom is -0.388 e. The van der Waals surface area contributed by atoms with Crippen molar-refractivity contribution < 1.29 is 0 Å². The summed E-state index contributed by atoms with van der Waals surface area (Å²) in [4.78, 5) is 0. The Bertz CT molecular complexity index is 339. The molecule has 1 aromatic rings. The molecule has 2 nitrogen and oxygen atoms in total. The Morgan fingerprint density at radius 2 is 1.72 bits per heavy atom. The van der Waals surface area contributed by atoms with Crippen LogP contribution in [-0.4, -0.2) is 13.6 Å². The molecule has 0 bridgehead atoms. The summed E-state index contributed by atoms with van der Waals surface area (Å²) in [6.07, 6.45) is 1.26. The van der Waals surface area contributed by atoms with E-state index in [1.807, 2.05) is 7.05 Å². The minimum atomic E-state index is 0.374. The van der Waals surface area contributed by atoms with Crippen molar-refractivity contribution in [2.24, 2.45) is 11.3 Å². The van der Waals surface area contributed by atoms with Gasteiger partial charge >= 0.3 is 0 Å². The number of hydrogen-bond acceptors (Lipinski definition) is 2. The molecule has 0 saturated heterocycles. The van der Waals surface area contributed by atoms with Crippen LogP contribution in [0.4, 0.5) is 5.69 Å². The smallest absolute Gasteiger partial charge is 0.0337 e. The summed E-state index contributed by atoms with van der Waals surface area (Å²) in [5.41, 5.74) is 2.88. The third kappa shape index (κ3) is 5.54. The molecule has 2 heteroatoms. The Labute approximate surface area is 112 Å². The highest BCUT2D eigenvalue weighted by molar-refractivity contribution is 5.43. The molecule has 0 fully saturated rings. The molecule has 18 heavy (non-hydrogen) atoms. The molecule has 0 amide bonds. The van der Waals surface area contributed by atoms with E-state index in [1.54, 1.807) is 0 Å². The molecule has 0 radical (unpaired) electrons. The van der Waals surface area contributed by atoms with Crippen molar-refractivity contribution >= 4 is 5.69 Å². The van der Waals surface area contributed by atoms with Crippen LogP contribution in [0.5, 0.6) is 0 Å². The summed E-state index contributed by atoms with van der Waals surface area (Å²) in [7, 11) is 1.95. The van der Waals surface area contributed by atoms with Crippen molar-refractivity contribution in [1.29, 1.82) is 0 Å². The van der Waals surface area contributed by atoms with E-state index in [9.17, 15) is 0 Å². The zero-order chi connectivity index (χ0) is 13.6. The van der Waals surface area contributed by atoms with Crippen molar-refractivity contribution in [3.05, 3.63) is 29.8 Å². The first-order valence-electron chi connectivity index (χ1n) is 6.90. The Balaban J connectivity index is 2.36. The fourth-order valence-corrected chi connectivity index (χ4v) is 2.51. The monoisotopic (exact) mass is 248 g/mol. The van der Waals surface area contributed by atoms with E-state index in [4.69, 9.17) is 0 Å². The molecule has 2 N–H and O–H groups in total. The van der Waals surface area contributed by atoms with Crippen LogP contribution in [0.15, 0.2) is 24.3 Å². The maximum atomic E-state index is 3.56. The van der Waals surface area contributed by atoms with E-state index in [1.165, 1.54) is 17.7 Å². The Morgan fingerprint density at radius 1 is 1.11 bits per heavy atom. The van der Waals surface area contributed by atoms with Gasteiger partial charge in [0, 0.05) is 25.8 Å². The van der Waals surface area contributed by atoms with Gasteiger partial charge in [0.1, 0.15) is 0 Å². The van der Waals surface area contributed by atoms with E-state index in [-0.39, 0.29) is 0 Å². The first-order valence-corrected chi connectivity index (χ1v) is 6.90. The molecule has 0 heterocycles. The Morgan fingerprint density at radius 3 is 2.22 bits per heavy atom. The second kappa shape index (κ2) is 6.79. The van der Waals surface area contributed by atoms with Crippen LogP contribution in [0.3, 0.4) is 0 Å². The maximum Gasteiger partial charge on any atom is 0.0337 e. The first-order chi connectivity index (χ1) is 8.43. The standard InChI is InChI=1S/C16H28N2/c1-13(2)10-16(3,4)12-18-11-14-6-8-15(17-5)9-7-14/h6-9,13,17-18H,10-12H2,1-5H3. The molecule has 0 saturated carbocycles. The number of nitrogens with one attached hydrogen (secondary N) is 2. The van der Waals surface area contributed by atoms with E-state index in [2.05, 4.69) is 62.6 Å². The fourth-order valence-electron chi connectivity index (χ4n) is 2.51. The van der Waals surface area contributed by atoms with Crippen LogP contribution in [-0.2, 0) is 6.54 Å². The minimum absolute atomic E-state index is 0.374. The largest absolute Gasteiger partial charge is 0.388 e. The highest BCUT2D eigenvalue weighted by Crippen LogP contribution is 2.24. The highest BCUT2D eigenvalue weighted by atomic mass is 14.9. The van der Waals surface area contributed by atoms with Gasteiger partial charge in [-0.1, -0.05) is 39.8 Å². The van der Waals surface area contributed by atoms with Gasteiger partial charge in [0.15, 0.2) is 0 Å². The van der Waals surface area contributed by atoms with Crippen LogP contribution >= 0.6 is 0 Å². The molecule has 0 unspecified atom stereocenters. The molecule has 0 spiro atoms. The van der Waals surface area contributed by atoms with Crippen LogP contribution in [0.2, 0.25) is 0 Å². The maximum absolute atomic E-state index is 3.56. The summed E-state index contributed by atoms with van der Waals surface area (Å²) < 4.78 is 0. The van der Waals surface area contributed by atoms with Gasteiger partial charge in [-0.25, -0.2) is 0 Å². The van der Waals surface area contributed by atoms with Crippen molar-refractivity contribution in [3.63, 3.8) is 0 Å². The number of anilines is 1. The SMILES string of the molecule is CNc1ccc(CNCC(C)(C)CC(C)C)cc1. The molecular formula is C16H28N2. The number of benzene rings is 1. The third-order valence-electron chi connectivity index (χ3n) is 3.14. The second-order valence-corrected chi connectivity index (χ2v) is 6.31. The lowest BCUT2D eigenvalue weighted by molar-refractivity contribution is 0.273. The van der Waals surface area contributed by atoms with Gasteiger partial charge in [0.05, 0.1) is 0 Å². The van der Waals surface area contributed by atoms with Crippen LogP contribution in [0, 0.1) is 11.3 Å². The number of hydrogen-bond donors (Lipinski definition) is 2. The molecule has 1 rings (SSSR count). The van der Waals surface area contributed by atoms with E-state index < -0.39 is 0 Å². The summed E-state index contributed by atoms with van der Waals surface area (Å²) in [5, 5.41) is 6.70. The second-order valence-electron chi connectivity index (χ2n) is 6.31. The number of rotatable bonds is 7. The lowest BCUT2D eigenvalue weighted by Crippen LogP contribution is -2.30. The Hall–Kier alpha value is -1.02. The van der Waals surface area contributed by atoms with Crippen LogP contribution in [0.1, 0.15) is 39.7 Å². The van der Waals surface area contributed by atoms with Gasteiger partial charge in [-0.15, -0.1) is 0 Å². The topological polar surface area (TPSA) is 24.1 Å². The van der Waals surface area contributed by atoms with Gasteiger partial charge < -0.3 is 10.6 Å². The molecule has 0 aliphatic heterocycles. The van der Waals surface area contributed by atoms with Crippen molar-refractivity contribution in [2.45, 2.75) is 40.7 Å².